The third-order valence-electron chi connectivity index (χ3n) is 4.88. The van der Waals surface area contributed by atoms with Crippen molar-refractivity contribution < 1.29 is 9.21 Å². The third-order valence-corrected chi connectivity index (χ3v) is 4.88. The molecule has 0 bridgehead atoms. The quantitative estimate of drug-likeness (QED) is 0.768. The Hall–Kier alpha value is -2.89. The number of carbonyl (C=O) groups excluding carboxylic acids is 1. The Balaban J connectivity index is 1.37. The number of hydrogen-bond acceptors (Lipinski definition) is 4. The van der Waals surface area contributed by atoms with Gasteiger partial charge in [-0.1, -0.05) is 30.3 Å². The predicted octanol–water partition coefficient (Wildman–Crippen LogP) is 2.79. The van der Waals surface area contributed by atoms with E-state index < -0.39 is 0 Å². The molecule has 1 atom stereocenters. The average molecular weight is 350 g/mol. The molecule has 0 saturated carbocycles. The molecule has 3 heterocycles. The van der Waals surface area contributed by atoms with Crippen LogP contribution in [0.2, 0.25) is 0 Å². The summed E-state index contributed by atoms with van der Waals surface area (Å²) in [4.78, 5) is 12.2. The number of aryl methyl sites for hydroxylation is 3. The van der Waals surface area contributed by atoms with Gasteiger partial charge in [0, 0.05) is 25.4 Å². The minimum atomic E-state index is -0.151. The minimum Gasteiger partial charge on any atom is -0.459 e. The fraction of sp³-hybridized carbons (Fsp3) is 0.350. The fourth-order valence-corrected chi connectivity index (χ4v) is 3.44. The van der Waals surface area contributed by atoms with Crippen LogP contribution in [-0.4, -0.2) is 26.7 Å². The summed E-state index contributed by atoms with van der Waals surface area (Å²) < 4.78 is 7.39. The van der Waals surface area contributed by atoms with E-state index in [9.17, 15) is 4.79 Å². The lowest BCUT2D eigenvalue weighted by Gasteiger charge is -2.15. The SMILES string of the molecule is O=C(NC1CCc2nnc(CCc3ccccc3)n2CC1)c1ccco1. The molecule has 0 spiro atoms. The normalized spacial score (nSPS) is 16.7. The second kappa shape index (κ2) is 7.56. The van der Waals surface area contributed by atoms with Crippen LogP contribution in [0.15, 0.2) is 53.1 Å². The van der Waals surface area contributed by atoms with Crippen molar-refractivity contribution in [2.24, 2.45) is 0 Å². The number of benzene rings is 1. The standard InChI is InChI=1S/C20H22N4O2/c25-20(17-7-4-14-26-17)21-16-9-11-19-23-22-18(24(19)13-12-16)10-8-15-5-2-1-3-6-15/h1-7,14,16H,8-13H2,(H,21,25). The van der Waals surface area contributed by atoms with Crippen molar-refractivity contribution in [3.8, 4) is 0 Å². The van der Waals surface area contributed by atoms with Crippen molar-refractivity contribution in [1.29, 1.82) is 0 Å². The average Bonchev–Trinajstić information content (AvgIpc) is 3.29. The molecule has 1 aliphatic rings. The molecule has 134 valence electrons. The Morgan fingerprint density at radius 3 is 2.81 bits per heavy atom. The lowest BCUT2D eigenvalue weighted by Crippen LogP contribution is -2.35. The fourth-order valence-electron chi connectivity index (χ4n) is 3.44. The molecule has 1 aromatic carbocycles. The Labute approximate surface area is 152 Å². The van der Waals surface area contributed by atoms with Crippen LogP contribution in [0, 0.1) is 0 Å². The maximum Gasteiger partial charge on any atom is 0.287 e. The summed E-state index contributed by atoms with van der Waals surface area (Å²) in [5.74, 6) is 2.25. The van der Waals surface area contributed by atoms with E-state index in [2.05, 4.69) is 44.3 Å². The van der Waals surface area contributed by atoms with Crippen molar-refractivity contribution in [2.75, 3.05) is 0 Å². The van der Waals surface area contributed by atoms with Crippen molar-refractivity contribution in [3.05, 3.63) is 71.7 Å². The van der Waals surface area contributed by atoms with Crippen molar-refractivity contribution in [1.82, 2.24) is 20.1 Å². The van der Waals surface area contributed by atoms with Gasteiger partial charge in [0.2, 0.25) is 0 Å². The summed E-state index contributed by atoms with van der Waals surface area (Å²) in [5, 5.41) is 11.8. The van der Waals surface area contributed by atoms with Gasteiger partial charge in [-0.3, -0.25) is 4.79 Å². The summed E-state index contributed by atoms with van der Waals surface area (Å²) in [6.45, 7) is 0.829. The Bertz CT molecular complexity index is 855. The van der Waals surface area contributed by atoms with Gasteiger partial charge in [0.05, 0.1) is 6.26 Å². The van der Waals surface area contributed by atoms with Gasteiger partial charge in [-0.05, 0) is 37.0 Å². The van der Waals surface area contributed by atoms with Crippen LogP contribution in [-0.2, 0) is 25.8 Å². The van der Waals surface area contributed by atoms with Gasteiger partial charge < -0.3 is 14.3 Å². The van der Waals surface area contributed by atoms with Gasteiger partial charge in [-0.15, -0.1) is 10.2 Å². The molecule has 1 unspecified atom stereocenters. The van der Waals surface area contributed by atoms with Gasteiger partial charge in [-0.2, -0.15) is 0 Å². The molecule has 26 heavy (non-hydrogen) atoms. The van der Waals surface area contributed by atoms with E-state index in [1.165, 1.54) is 11.8 Å². The summed E-state index contributed by atoms with van der Waals surface area (Å²) in [5.41, 5.74) is 1.31. The number of nitrogens with one attached hydrogen (secondary N) is 1. The number of rotatable bonds is 5. The highest BCUT2D eigenvalue weighted by molar-refractivity contribution is 5.91. The van der Waals surface area contributed by atoms with E-state index in [1.54, 1.807) is 12.1 Å². The molecule has 6 nitrogen and oxygen atoms in total. The molecule has 0 fully saturated rings. The molecule has 4 rings (SSSR count). The van der Waals surface area contributed by atoms with Crippen LogP contribution in [0.25, 0.3) is 0 Å². The molecular weight excluding hydrogens is 328 g/mol. The molecule has 0 radical (unpaired) electrons. The number of furan rings is 1. The summed E-state index contributed by atoms with van der Waals surface area (Å²) >= 11 is 0. The lowest BCUT2D eigenvalue weighted by molar-refractivity contribution is 0.0905. The van der Waals surface area contributed by atoms with Gasteiger partial charge in [0.25, 0.3) is 5.91 Å². The van der Waals surface area contributed by atoms with Crippen LogP contribution in [0.1, 0.15) is 40.6 Å². The van der Waals surface area contributed by atoms with Crippen molar-refractivity contribution >= 4 is 5.91 Å². The first-order valence-electron chi connectivity index (χ1n) is 9.09. The highest BCUT2D eigenvalue weighted by Crippen LogP contribution is 2.17. The van der Waals surface area contributed by atoms with E-state index in [-0.39, 0.29) is 11.9 Å². The first-order valence-corrected chi connectivity index (χ1v) is 9.09. The molecule has 0 saturated heterocycles. The van der Waals surface area contributed by atoms with Crippen molar-refractivity contribution in [2.45, 2.75) is 44.7 Å². The first kappa shape index (κ1) is 16.6. The number of aromatic nitrogens is 3. The van der Waals surface area contributed by atoms with E-state index in [1.807, 2.05) is 6.07 Å². The van der Waals surface area contributed by atoms with E-state index >= 15 is 0 Å². The smallest absolute Gasteiger partial charge is 0.287 e. The monoisotopic (exact) mass is 350 g/mol. The Morgan fingerprint density at radius 1 is 1.12 bits per heavy atom. The lowest BCUT2D eigenvalue weighted by atomic mass is 10.1. The first-order chi connectivity index (χ1) is 12.8. The second-order valence-corrected chi connectivity index (χ2v) is 6.64. The molecular formula is C20H22N4O2. The maximum absolute atomic E-state index is 12.2. The van der Waals surface area contributed by atoms with Gasteiger partial charge in [0.1, 0.15) is 11.6 Å². The molecule has 1 aliphatic heterocycles. The van der Waals surface area contributed by atoms with E-state index in [0.29, 0.717) is 5.76 Å². The second-order valence-electron chi connectivity index (χ2n) is 6.64. The van der Waals surface area contributed by atoms with E-state index in [4.69, 9.17) is 4.42 Å². The number of hydrogen-bond donors (Lipinski definition) is 1. The minimum absolute atomic E-state index is 0.122. The summed E-state index contributed by atoms with van der Waals surface area (Å²) in [6.07, 6.45) is 5.90. The van der Waals surface area contributed by atoms with Gasteiger partial charge in [0.15, 0.2) is 5.76 Å². The van der Waals surface area contributed by atoms with Gasteiger partial charge >= 0.3 is 0 Å². The number of amides is 1. The zero-order chi connectivity index (χ0) is 17.8. The zero-order valence-corrected chi connectivity index (χ0v) is 14.6. The van der Waals surface area contributed by atoms with Crippen molar-refractivity contribution in [3.63, 3.8) is 0 Å². The Morgan fingerprint density at radius 2 is 2.00 bits per heavy atom. The summed E-state index contributed by atoms with van der Waals surface area (Å²) in [7, 11) is 0. The molecule has 1 N–H and O–H groups in total. The molecule has 0 aliphatic carbocycles. The topological polar surface area (TPSA) is 73.0 Å². The highest BCUT2D eigenvalue weighted by atomic mass is 16.3. The third kappa shape index (κ3) is 3.69. The number of carbonyl (C=O) groups is 1. The van der Waals surface area contributed by atoms with Crippen LogP contribution >= 0.6 is 0 Å². The Kier molecular flexibility index (Phi) is 4.82. The molecule has 6 heteroatoms. The summed E-state index contributed by atoms with van der Waals surface area (Å²) in [6, 6.07) is 14.0. The van der Waals surface area contributed by atoms with Crippen LogP contribution in [0.5, 0.6) is 0 Å². The predicted molar refractivity (Wildman–Crippen MR) is 96.8 cm³/mol. The van der Waals surface area contributed by atoms with Crippen LogP contribution in [0.3, 0.4) is 0 Å². The molecule has 3 aromatic rings. The van der Waals surface area contributed by atoms with Crippen LogP contribution < -0.4 is 5.32 Å². The number of fused-ring (bicyclic) bond motifs is 1. The van der Waals surface area contributed by atoms with Gasteiger partial charge in [-0.25, -0.2) is 0 Å². The number of nitrogens with zero attached hydrogens (tertiary/aromatic N) is 3. The largest absolute Gasteiger partial charge is 0.459 e. The maximum atomic E-state index is 12.2. The molecule has 2 aromatic heterocycles. The molecule has 1 amide bonds. The highest BCUT2D eigenvalue weighted by Gasteiger charge is 2.22. The zero-order valence-electron chi connectivity index (χ0n) is 14.6. The van der Waals surface area contributed by atoms with Crippen LogP contribution in [0.4, 0.5) is 0 Å². The van der Waals surface area contributed by atoms with E-state index in [0.717, 1.165) is 50.3 Å².